The number of aliphatic carboxylic acids is 1. The van der Waals surface area contributed by atoms with Crippen LogP contribution in [0.15, 0.2) is 12.7 Å². The normalized spacial score (nSPS) is 9.36. The number of unbranched alkanes of at least 4 members (excludes halogenated alkanes) is 12. The molecule has 146 valence electrons. The number of ether oxygens (including phenoxy) is 1. The molecular formula is C20H40MgO4. The topological polar surface area (TPSA) is 63.6 Å². The molecule has 0 aromatic heterocycles. The average Bonchev–Trinajstić information content (AvgIpc) is 2.58. The summed E-state index contributed by atoms with van der Waals surface area (Å²) in [6.07, 6.45) is 18.4. The van der Waals surface area contributed by atoms with Crippen molar-refractivity contribution in [3.05, 3.63) is 12.7 Å². The number of rotatable bonds is 15. The Morgan fingerprint density at radius 2 is 1.24 bits per heavy atom. The molecule has 0 heterocycles. The molecule has 0 bridgehead atoms. The summed E-state index contributed by atoms with van der Waals surface area (Å²) in [5, 5.41) is 8.49. The van der Waals surface area contributed by atoms with Crippen LogP contribution in [-0.4, -0.2) is 47.2 Å². The summed E-state index contributed by atoms with van der Waals surface area (Å²) in [6.45, 7) is 5.42. The van der Waals surface area contributed by atoms with Crippen LogP contribution < -0.4 is 0 Å². The van der Waals surface area contributed by atoms with E-state index in [2.05, 4.69) is 18.2 Å². The Labute approximate surface area is 173 Å². The molecule has 0 rings (SSSR count). The first-order valence-electron chi connectivity index (χ1n) is 9.50. The quantitative estimate of drug-likeness (QED) is 0.173. The van der Waals surface area contributed by atoms with Gasteiger partial charge < -0.3 is 12.7 Å². The van der Waals surface area contributed by atoms with Gasteiger partial charge in [0.15, 0.2) is 0 Å². The third-order valence-electron chi connectivity index (χ3n) is 3.86. The minimum Gasteiger partial charge on any atom is -1.00 e. The van der Waals surface area contributed by atoms with Crippen LogP contribution in [0.3, 0.4) is 0 Å². The molecule has 0 aromatic carbocycles. The second-order valence-electron chi connectivity index (χ2n) is 6.11. The standard InChI is InChI=1S/C16H32O2.C4H6O2.Mg.2H/c1-2-3-4-5-6-7-8-9-10-11-12-13-14-15-16(17)18;1-3-4(5)6-2;;;/h2-15H2,1H3,(H,17,18);3H,1H2,2H3;;;/q;;+2;2*-1. The fourth-order valence-electron chi connectivity index (χ4n) is 2.38. The zero-order valence-corrected chi connectivity index (χ0v) is 18.0. The molecule has 0 aliphatic rings. The van der Waals surface area contributed by atoms with E-state index in [1.165, 1.54) is 77.7 Å². The van der Waals surface area contributed by atoms with Gasteiger partial charge in [-0.25, -0.2) is 4.79 Å². The Hall–Kier alpha value is -0.554. The Morgan fingerprint density at radius 1 is 0.880 bits per heavy atom. The van der Waals surface area contributed by atoms with Crippen molar-refractivity contribution in [2.45, 2.75) is 96.8 Å². The molecule has 0 amide bonds. The molecule has 0 atom stereocenters. The van der Waals surface area contributed by atoms with Crippen LogP contribution in [0.2, 0.25) is 0 Å². The minimum absolute atomic E-state index is 0. The van der Waals surface area contributed by atoms with Crippen LogP contribution >= 0.6 is 0 Å². The molecule has 0 saturated heterocycles. The van der Waals surface area contributed by atoms with Crippen LogP contribution in [0.1, 0.15) is 99.7 Å². The first kappa shape index (κ1) is 29.2. The van der Waals surface area contributed by atoms with Crippen molar-refractivity contribution in [3.63, 3.8) is 0 Å². The fourth-order valence-corrected chi connectivity index (χ4v) is 2.38. The molecule has 25 heavy (non-hydrogen) atoms. The van der Waals surface area contributed by atoms with Gasteiger partial charge in [0.05, 0.1) is 7.11 Å². The predicted molar refractivity (Wildman–Crippen MR) is 108 cm³/mol. The Kier molecular flexibility index (Phi) is 30.0. The zero-order chi connectivity index (χ0) is 18.5. The van der Waals surface area contributed by atoms with Gasteiger partial charge in [0.25, 0.3) is 0 Å². The molecule has 0 fully saturated rings. The minimum atomic E-state index is -0.655. The van der Waals surface area contributed by atoms with E-state index in [9.17, 15) is 9.59 Å². The predicted octanol–water partition coefficient (Wildman–Crippen LogP) is 5.74. The van der Waals surface area contributed by atoms with E-state index in [0.29, 0.717) is 6.42 Å². The second-order valence-corrected chi connectivity index (χ2v) is 6.11. The van der Waals surface area contributed by atoms with Gasteiger partial charge >= 0.3 is 35.0 Å². The van der Waals surface area contributed by atoms with Gasteiger partial charge in [-0.15, -0.1) is 0 Å². The number of carboxylic acids is 1. The van der Waals surface area contributed by atoms with E-state index < -0.39 is 11.9 Å². The first-order chi connectivity index (χ1) is 11.6. The van der Waals surface area contributed by atoms with E-state index >= 15 is 0 Å². The van der Waals surface area contributed by atoms with Crippen molar-refractivity contribution >= 4 is 35.0 Å². The van der Waals surface area contributed by atoms with E-state index in [1.54, 1.807) is 0 Å². The molecule has 0 unspecified atom stereocenters. The Bertz CT molecular complexity index is 316. The maximum absolute atomic E-state index is 10.3. The van der Waals surface area contributed by atoms with E-state index in [4.69, 9.17) is 5.11 Å². The van der Waals surface area contributed by atoms with Crippen molar-refractivity contribution in [2.24, 2.45) is 0 Å². The summed E-state index contributed by atoms with van der Waals surface area (Å²) in [5.74, 6) is -1.05. The molecule has 5 heteroatoms. The van der Waals surface area contributed by atoms with Crippen LogP contribution in [0.5, 0.6) is 0 Å². The van der Waals surface area contributed by atoms with Crippen LogP contribution in [-0.2, 0) is 14.3 Å². The second kappa shape index (κ2) is 25.7. The number of esters is 1. The zero-order valence-electron chi connectivity index (χ0n) is 18.6. The summed E-state index contributed by atoms with van der Waals surface area (Å²) in [7, 11) is 1.31. The smallest absolute Gasteiger partial charge is 1.00 e. The van der Waals surface area contributed by atoms with Crippen molar-refractivity contribution < 1.29 is 22.3 Å². The van der Waals surface area contributed by atoms with Crippen LogP contribution in [0.4, 0.5) is 0 Å². The van der Waals surface area contributed by atoms with Gasteiger partial charge in [0.1, 0.15) is 0 Å². The van der Waals surface area contributed by atoms with Crippen molar-refractivity contribution in [1.82, 2.24) is 0 Å². The number of carbonyl (C=O) groups is 2. The van der Waals surface area contributed by atoms with Crippen LogP contribution in [0.25, 0.3) is 0 Å². The van der Waals surface area contributed by atoms with Gasteiger partial charge in [-0.1, -0.05) is 90.6 Å². The van der Waals surface area contributed by atoms with Gasteiger partial charge in [-0.2, -0.15) is 0 Å². The largest absolute Gasteiger partial charge is 2.00 e. The van der Waals surface area contributed by atoms with E-state index in [-0.39, 0.29) is 25.9 Å². The van der Waals surface area contributed by atoms with Crippen molar-refractivity contribution in [2.75, 3.05) is 7.11 Å². The number of carbonyl (C=O) groups excluding carboxylic acids is 1. The van der Waals surface area contributed by atoms with E-state index in [0.717, 1.165) is 18.9 Å². The van der Waals surface area contributed by atoms with Gasteiger partial charge in [-0.3, -0.25) is 4.79 Å². The number of hydrogen-bond acceptors (Lipinski definition) is 3. The SMILES string of the molecule is C=CC(=O)OC.CCCCCCCCCCCCCCCC(=O)O.[H-].[H-].[Mg+2]. The molecule has 0 spiro atoms. The Morgan fingerprint density at radius 3 is 1.48 bits per heavy atom. The Balaban J connectivity index is -0.000000156. The summed E-state index contributed by atoms with van der Waals surface area (Å²) in [4.78, 5) is 20.1. The third kappa shape index (κ3) is 31.7. The molecule has 0 saturated carbocycles. The maximum atomic E-state index is 10.3. The first-order valence-corrected chi connectivity index (χ1v) is 9.50. The molecule has 0 aliphatic carbocycles. The van der Waals surface area contributed by atoms with Crippen molar-refractivity contribution in [3.8, 4) is 0 Å². The molecule has 0 aromatic rings. The van der Waals surface area contributed by atoms with Gasteiger partial charge in [0.2, 0.25) is 0 Å². The van der Waals surface area contributed by atoms with Crippen molar-refractivity contribution in [1.29, 1.82) is 0 Å². The summed E-state index contributed by atoms with van der Waals surface area (Å²) >= 11 is 0. The molecular weight excluding hydrogens is 329 g/mol. The summed E-state index contributed by atoms with van der Waals surface area (Å²) < 4.78 is 4.14. The van der Waals surface area contributed by atoms with Gasteiger partial charge in [0, 0.05) is 12.5 Å². The molecule has 4 nitrogen and oxygen atoms in total. The number of hydrogen-bond donors (Lipinski definition) is 1. The summed E-state index contributed by atoms with van der Waals surface area (Å²) in [5.41, 5.74) is 0. The third-order valence-corrected chi connectivity index (χ3v) is 3.86. The average molecular weight is 369 g/mol. The van der Waals surface area contributed by atoms with E-state index in [1.807, 2.05) is 0 Å². The number of methoxy groups -OCH3 is 1. The maximum Gasteiger partial charge on any atom is 2.00 e. The monoisotopic (exact) mass is 368 g/mol. The summed E-state index contributed by atoms with van der Waals surface area (Å²) in [6, 6.07) is 0. The molecule has 1 N–H and O–H groups in total. The van der Waals surface area contributed by atoms with Crippen LogP contribution in [0, 0.1) is 0 Å². The number of carboxylic acid groups (broad SMARTS) is 1. The molecule has 0 radical (unpaired) electrons. The van der Waals surface area contributed by atoms with Gasteiger partial charge in [-0.05, 0) is 6.42 Å². The molecule has 0 aliphatic heterocycles. The fraction of sp³-hybridized carbons (Fsp3) is 0.800.